The summed E-state index contributed by atoms with van der Waals surface area (Å²) < 4.78 is 20.1. The van der Waals surface area contributed by atoms with E-state index in [0.29, 0.717) is 0 Å². The Labute approximate surface area is 179 Å². The maximum absolute atomic E-state index is 14.0. The largest absolute Gasteiger partial charge is 0.464 e. The van der Waals surface area contributed by atoms with Crippen LogP contribution in [-0.4, -0.2) is 46.3 Å². The zero-order valence-corrected chi connectivity index (χ0v) is 17.6. The molecule has 8 nitrogen and oxygen atoms in total. The van der Waals surface area contributed by atoms with E-state index >= 15 is 0 Å². The Kier molecular flexibility index (Phi) is 5.51. The molecule has 9 heteroatoms. The fourth-order valence-electron chi connectivity index (χ4n) is 4.39. The Bertz CT molecular complexity index is 1030. The third-order valence-electron chi connectivity index (χ3n) is 6.04. The van der Waals surface area contributed by atoms with Gasteiger partial charge in [0.15, 0.2) is 5.69 Å². The second kappa shape index (κ2) is 8.13. The smallest absolute Gasteiger partial charge is 0.358 e. The second-order valence-corrected chi connectivity index (χ2v) is 8.27. The first-order valence-corrected chi connectivity index (χ1v) is 10.4. The molecule has 1 N–H and O–H groups in total. The molecule has 1 atom stereocenters. The van der Waals surface area contributed by atoms with E-state index in [1.165, 1.54) is 41.0 Å². The summed E-state index contributed by atoms with van der Waals surface area (Å²) in [7, 11) is 1.23. The van der Waals surface area contributed by atoms with E-state index in [0.717, 1.165) is 32.1 Å². The first-order chi connectivity index (χ1) is 14.8. The van der Waals surface area contributed by atoms with Gasteiger partial charge in [-0.3, -0.25) is 19.2 Å². The lowest BCUT2D eigenvalue weighted by atomic mass is 9.91. The molecule has 2 aliphatic rings. The van der Waals surface area contributed by atoms with Crippen molar-refractivity contribution >= 4 is 23.5 Å². The number of anilines is 1. The summed E-state index contributed by atoms with van der Waals surface area (Å²) in [6.07, 6.45) is 5.00. The number of fused-ring (bicyclic) bond motifs is 1. The molecule has 0 radical (unpaired) electrons. The summed E-state index contributed by atoms with van der Waals surface area (Å²) in [5.74, 6) is -2.08. The highest BCUT2D eigenvalue weighted by molar-refractivity contribution is 6.12. The van der Waals surface area contributed by atoms with Crippen LogP contribution in [-0.2, 0) is 16.1 Å². The number of hydrogen-bond donors (Lipinski definition) is 1. The van der Waals surface area contributed by atoms with Crippen molar-refractivity contribution in [1.29, 1.82) is 0 Å². The minimum Gasteiger partial charge on any atom is -0.464 e. The molecule has 0 bridgehead atoms. The Morgan fingerprint density at radius 2 is 1.97 bits per heavy atom. The zero-order chi connectivity index (χ0) is 22.2. The number of hydrogen-bond acceptors (Lipinski definition) is 5. The number of benzene rings is 1. The van der Waals surface area contributed by atoms with Gasteiger partial charge in [-0.1, -0.05) is 25.3 Å². The molecule has 1 aromatic carbocycles. The fourth-order valence-corrected chi connectivity index (χ4v) is 4.39. The summed E-state index contributed by atoms with van der Waals surface area (Å²) in [6.45, 7) is 1.65. The average molecular weight is 428 g/mol. The van der Waals surface area contributed by atoms with Crippen LogP contribution in [0.25, 0.3) is 0 Å². The number of esters is 1. The molecule has 1 fully saturated rings. The van der Waals surface area contributed by atoms with E-state index in [-0.39, 0.29) is 35.6 Å². The topological polar surface area (TPSA) is 93.5 Å². The van der Waals surface area contributed by atoms with Crippen molar-refractivity contribution in [3.8, 4) is 0 Å². The van der Waals surface area contributed by atoms with Crippen molar-refractivity contribution in [3.63, 3.8) is 0 Å². The molecule has 0 saturated heterocycles. The van der Waals surface area contributed by atoms with Gasteiger partial charge in [0.1, 0.15) is 17.1 Å². The van der Waals surface area contributed by atoms with E-state index in [1.807, 2.05) is 0 Å². The zero-order valence-electron chi connectivity index (χ0n) is 17.6. The first-order valence-electron chi connectivity index (χ1n) is 10.4. The molecule has 1 aliphatic carbocycles. The quantitative estimate of drug-likeness (QED) is 0.756. The molecule has 1 aromatic heterocycles. The summed E-state index contributed by atoms with van der Waals surface area (Å²) in [5.41, 5.74) is -0.998. The molecule has 2 heterocycles. The minimum absolute atomic E-state index is 0.0140. The Balaban J connectivity index is 1.76. The highest BCUT2D eigenvalue weighted by atomic mass is 19.1. The molecule has 0 unspecified atom stereocenters. The minimum atomic E-state index is -1.37. The second-order valence-electron chi connectivity index (χ2n) is 8.27. The molecule has 2 aromatic rings. The van der Waals surface area contributed by atoms with Crippen LogP contribution in [0.1, 0.15) is 60.0 Å². The summed E-state index contributed by atoms with van der Waals surface area (Å²) >= 11 is 0. The fraction of sp³-hybridized carbons (Fsp3) is 0.455. The number of aromatic nitrogens is 2. The third-order valence-corrected chi connectivity index (χ3v) is 6.04. The van der Waals surface area contributed by atoms with Gasteiger partial charge in [0.25, 0.3) is 5.91 Å². The van der Waals surface area contributed by atoms with Crippen molar-refractivity contribution in [1.82, 2.24) is 15.1 Å². The van der Waals surface area contributed by atoms with Gasteiger partial charge in [0.2, 0.25) is 5.91 Å². The van der Waals surface area contributed by atoms with Crippen LogP contribution in [0.3, 0.4) is 0 Å². The van der Waals surface area contributed by atoms with E-state index < -0.39 is 23.2 Å². The maximum atomic E-state index is 14.0. The van der Waals surface area contributed by atoms with Crippen molar-refractivity contribution in [2.75, 3.05) is 12.0 Å². The van der Waals surface area contributed by atoms with Crippen LogP contribution in [0.4, 0.5) is 10.1 Å². The molecule has 164 valence electrons. The maximum Gasteiger partial charge on any atom is 0.358 e. The van der Waals surface area contributed by atoms with Gasteiger partial charge in [-0.05, 0) is 38.0 Å². The SMILES string of the molecule is COC(=O)c1cc2n(n1)C[C@](C)(C(=O)NC1CCCCC1)N(c1cccc(F)c1)C2=O. The van der Waals surface area contributed by atoms with E-state index in [1.54, 1.807) is 13.0 Å². The van der Waals surface area contributed by atoms with Gasteiger partial charge in [-0.25, -0.2) is 9.18 Å². The van der Waals surface area contributed by atoms with Gasteiger partial charge >= 0.3 is 5.97 Å². The van der Waals surface area contributed by atoms with Crippen LogP contribution >= 0.6 is 0 Å². The number of ether oxygens (including phenoxy) is 1. The number of nitrogens with zero attached hydrogens (tertiary/aromatic N) is 3. The van der Waals surface area contributed by atoms with Crippen molar-refractivity contribution < 1.29 is 23.5 Å². The predicted octanol–water partition coefficient (Wildman–Crippen LogP) is 2.68. The van der Waals surface area contributed by atoms with Crippen LogP contribution in [0.2, 0.25) is 0 Å². The monoisotopic (exact) mass is 428 g/mol. The number of methoxy groups -OCH3 is 1. The molecule has 1 saturated carbocycles. The highest BCUT2D eigenvalue weighted by Crippen LogP contribution is 2.33. The Morgan fingerprint density at radius 1 is 1.23 bits per heavy atom. The predicted molar refractivity (Wildman–Crippen MR) is 110 cm³/mol. The molecular formula is C22H25FN4O4. The molecule has 0 spiro atoms. The van der Waals surface area contributed by atoms with Crippen molar-refractivity contribution in [3.05, 3.63) is 47.5 Å². The van der Waals surface area contributed by atoms with Gasteiger partial charge in [0.05, 0.1) is 13.7 Å². The molecule has 31 heavy (non-hydrogen) atoms. The van der Waals surface area contributed by atoms with E-state index in [4.69, 9.17) is 4.74 Å². The standard InChI is InChI=1S/C22H25FN4O4/c1-22(21(30)24-15-8-4-3-5-9-15)13-26-18(12-17(25-26)20(29)31-2)19(28)27(22)16-10-6-7-14(23)11-16/h6-7,10-12,15H,3-5,8-9,13H2,1-2H3,(H,24,30)/t22-/m1/s1. The lowest BCUT2D eigenvalue weighted by molar-refractivity contribution is -0.127. The molecule has 1 aliphatic heterocycles. The highest BCUT2D eigenvalue weighted by Gasteiger charge is 2.49. The Morgan fingerprint density at radius 3 is 2.65 bits per heavy atom. The van der Waals surface area contributed by atoms with E-state index in [9.17, 15) is 18.8 Å². The molecule has 2 amide bonds. The first kappa shape index (κ1) is 21.0. The lowest BCUT2D eigenvalue weighted by Gasteiger charge is -2.44. The molecular weight excluding hydrogens is 403 g/mol. The summed E-state index contributed by atoms with van der Waals surface area (Å²) in [5, 5.41) is 7.26. The van der Waals surface area contributed by atoms with Gasteiger partial charge in [-0.15, -0.1) is 0 Å². The van der Waals surface area contributed by atoms with Gasteiger partial charge in [-0.2, -0.15) is 5.10 Å². The number of halogens is 1. The van der Waals surface area contributed by atoms with Gasteiger partial charge < -0.3 is 10.1 Å². The number of nitrogens with one attached hydrogen (secondary N) is 1. The van der Waals surface area contributed by atoms with Crippen LogP contribution in [0, 0.1) is 5.82 Å². The number of carbonyl (C=O) groups is 3. The van der Waals surface area contributed by atoms with Crippen molar-refractivity contribution in [2.45, 2.75) is 57.2 Å². The van der Waals surface area contributed by atoms with Crippen molar-refractivity contribution in [2.24, 2.45) is 0 Å². The van der Waals surface area contributed by atoms with Crippen LogP contribution in [0.15, 0.2) is 30.3 Å². The Hall–Kier alpha value is -3.23. The van der Waals surface area contributed by atoms with Gasteiger partial charge in [0, 0.05) is 17.8 Å². The summed E-state index contributed by atoms with van der Waals surface area (Å²) in [4.78, 5) is 40.2. The lowest BCUT2D eigenvalue weighted by Crippen LogP contribution is -2.65. The average Bonchev–Trinajstić information content (AvgIpc) is 3.18. The number of carbonyl (C=O) groups excluding carboxylic acids is 3. The normalized spacial score (nSPS) is 21.5. The van der Waals surface area contributed by atoms with E-state index in [2.05, 4.69) is 10.4 Å². The number of rotatable bonds is 4. The van der Waals surface area contributed by atoms with Crippen LogP contribution < -0.4 is 10.2 Å². The summed E-state index contributed by atoms with van der Waals surface area (Å²) in [6, 6.07) is 6.93. The number of amides is 2. The molecule has 4 rings (SSSR count). The third kappa shape index (κ3) is 3.80. The van der Waals surface area contributed by atoms with Crippen LogP contribution in [0.5, 0.6) is 0 Å².